The van der Waals surface area contributed by atoms with Gasteiger partial charge in [-0.3, -0.25) is 10.1 Å². The van der Waals surface area contributed by atoms with Gasteiger partial charge in [0.15, 0.2) is 5.76 Å². The smallest absolute Gasteiger partial charge is 0.416 e. The summed E-state index contributed by atoms with van der Waals surface area (Å²) < 4.78 is 43.4. The van der Waals surface area contributed by atoms with Crippen LogP contribution in [0.3, 0.4) is 0 Å². The first-order valence-electron chi connectivity index (χ1n) is 8.18. The highest BCUT2D eigenvalue weighted by molar-refractivity contribution is 6.33. The van der Waals surface area contributed by atoms with E-state index in [-0.39, 0.29) is 22.9 Å². The fraction of sp³-hybridized carbons (Fsp3) is 0.167. The number of carbonyl (C=O) groups excluding carboxylic acids is 1. The molecular weight excluding hydrogens is 431 g/mol. The van der Waals surface area contributed by atoms with Gasteiger partial charge in [0.25, 0.3) is 5.69 Å². The molecule has 0 fully saturated rings. The number of azo groups is 1. The fourth-order valence-electron chi connectivity index (χ4n) is 2.13. The Hall–Kier alpha value is -3.47. The number of benzene rings is 2. The molecule has 0 saturated heterocycles. The van der Waals surface area contributed by atoms with E-state index in [1.807, 2.05) is 0 Å². The molecule has 0 aliphatic rings. The molecule has 12 heteroatoms. The number of aliphatic hydroxyl groups excluding tert-OH is 1. The summed E-state index contributed by atoms with van der Waals surface area (Å²) in [7, 11) is 0. The number of nitro benzene ring substituents is 1. The maximum Gasteiger partial charge on any atom is 0.416 e. The number of ether oxygens (including phenoxy) is 1. The van der Waals surface area contributed by atoms with E-state index in [0.29, 0.717) is 6.07 Å². The molecule has 0 bridgehead atoms. The fourth-order valence-corrected chi connectivity index (χ4v) is 2.29. The molecule has 8 nitrogen and oxygen atoms in total. The number of hydrogen-bond donors (Lipinski definition) is 1. The molecule has 0 heterocycles. The van der Waals surface area contributed by atoms with Crippen LogP contribution in [0.4, 0.5) is 24.5 Å². The molecule has 2 aromatic carbocycles. The number of non-ortho nitro benzene ring substituents is 1. The molecule has 158 valence electrons. The second-order valence-electron chi connectivity index (χ2n) is 5.59. The molecule has 1 N–H and O–H groups in total. The summed E-state index contributed by atoms with van der Waals surface area (Å²) in [5, 5.41) is 28.0. The quantitative estimate of drug-likeness (QED) is 0.150. The van der Waals surface area contributed by atoms with E-state index in [0.717, 1.165) is 36.4 Å². The maximum atomic E-state index is 12.9. The summed E-state index contributed by atoms with van der Waals surface area (Å²) in [6.45, 7) is 1.40. The second kappa shape index (κ2) is 9.35. The van der Waals surface area contributed by atoms with Crippen LogP contribution in [0.1, 0.15) is 18.1 Å². The summed E-state index contributed by atoms with van der Waals surface area (Å²) in [4.78, 5) is 22.2. The SMILES string of the molecule is CCOC(=O)/C(N=Nc1cc(C(F)(F)F)ccc1Cl)=C(\O)c1ccc([N+](=O)[O-])cc1. The van der Waals surface area contributed by atoms with Gasteiger partial charge in [0.1, 0.15) is 5.69 Å². The van der Waals surface area contributed by atoms with Crippen LogP contribution < -0.4 is 0 Å². The minimum absolute atomic E-state index is 0.0299. The van der Waals surface area contributed by atoms with E-state index in [4.69, 9.17) is 16.3 Å². The van der Waals surface area contributed by atoms with E-state index >= 15 is 0 Å². The minimum atomic E-state index is -4.66. The van der Waals surface area contributed by atoms with E-state index in [2.05, 4.69) is 10.2 Å². The number of nitrogens with zero attached hydrogens (tertiary/aromatic N) is 3. The molecule has 2 aromatic rings. The Kier molecular flexibility index (Phi) is 7.11. The average molecular weight is 444 g/mol. The third-order valence-electron chi connectivity index (χ3n) is 3.58. The summed E-state index contributed by atoms with van der Waals surface area (Å²) in [5.74, 6) is -1.85. The Balaban J connectivity index is 2.51. The standard InChI is InChI=1S/C18H13ClF3N3O5/c1-2-30-17(27)15(16(26)10-3-6-12(7-4-10)25(28)29)24-23-14-9-11(18(20,21)22)5-8-13(14)19/h3-9,26H,2H2,1H3/b16-15+,24-23?. The van der Waals surface area contributed by atoms with Crippen molar-refractivity contribution in [2.24, 2.45) is 10.2 Å². The molecule has 0 spiro atoms. The number of carbonyl (C=O) groups is 1. The lowest BCUT2D eigenvalue weighted by Crippen LogP contribution is -2.08. The maximum absolute atomic E-state index is 12.9. The van der Waals surface area contributed by atoms with Crippen LogP contribution in [0, 0.1) is 10.1 Å². The van der Waals surface area contributed by atoms with Crippen molar-refractivity contribution in [3.8, 4) is 0 Å². The van der Waals surface area contributed by atoms with Gasteiger partial charge in [0.05, 0.1) is 22.1 Å². The largest absolute Gasteiger partial charge is 0.505 e. The zero-order valence-corrected chi connectivity index (χ0v) is 15.9. The van der Waals surface area contributed by atoms with Gasteiger partial charge in [-0.25, -0.2) is 4.79 Å². The Morgan fingerprint density at radius 3 is 2.40 bits per heavy atom. The van der Waals surface area contributed by atoms with Crippen molar-refractivity contribution in [1.29, 1.82) is 0 Å². The lowest BCUT2D eigenvalue weighted by atomic mass is 10.1. The summed E-state index contributed by atoms with van der Waals surface area (Å²) in [6, 6.07) is 6.79. The number of alkyl halides is 3. The van der Waals surface area contributed by atoms with Gasteiger partial charge in [0.2, 0.25) is 5.70 Å². The van der Waals surface area contributed by atoms with Gasteiger partial charge < -0.3 is 9.84 Å². The molecule has 0 unspecified atom stereocenters. The lowest BCUT2D eigenvalue weighted by Gasteiger charge is -2.08. The zero-order valence-electron chi connectivity index (χ0n) is 15.2. The molecule has 2 rings (SSSR count). The van der Waals surface area contributed by atoms with Crippen LogP contribution in [0.5, 0.6) is 0 Å². The van der Waals surface area contributed by atoms with E-state index in [9.17, 15) is 33.2 Å². The Morgan fingerprint density at radius 1 is 1.23 bits per heavy atom. The summed E-state index contributed by atoms with van der Waals surface area (Å²) in [6.07, 6.45) is -4.66. The van der Waals surface area contributed by atoms with Crippen molar-refractivity contribution >= 4 is 34.7 Å². The first-order valence-corrected chi connectivity index (χ1v) is 8.56. The Bertz CT molecular complexity index is 1020. The van der Waals surface area contributed by atoms with E-state index < -0.39 is 39.8 Å². The molecule has 0 radical (unpaired) electrons. The molecule has 0 aliphatic heterocycles. The van der Waals surface area contributed by atoms with Crippen molar-refractivity contribution in [2.75, 3.05) is 6.61 Å². The Labute approximate surface area is 172 Å². The van der Waals surface area contributed by atoms with Gasteiger partial charge in [0, 0.05) is 17.7 Å². The summed E-state index contributed by atoms with van der Waals surface area (Å²) >= 11 is 5.83. The highest BCUT2D eigenvalue weighted by atomic mass is 35.5. The van der Waals surface area contributed by atoms with Gasteiger partial charge in [-0.15, -0.1) is 10.2 Å². The molecular formula is C18H13ClF3N3O5. The Morgan fingerprint density at radius 2 is 1.87 bits per heavy atom. The van der Waals surface area contributed by atoms with Crippen molar-refractivity contribution in [1.82, 2.24) is 0 Å². The average Bonchev–Trinajstić information content (AvgIpc) is 2.68. The van der Waals surface area contributed by atoms with Crippen molar-refractivity contribution in [2.45, 2.75) is 13.1 Å². The molecule has 0 amide bonds. The van der Waals surface area contributed by atoms with Crippen LogP contribution in [-0.2, 0) is 15.7 Å². The van der Waals surface area contributed by atoms with Crippen LogP contribution >= 0.6 is 11.6 Å². The number of aliphatic hydroxyl groups is 1. The normalized spacial score (nSPS) is 12.6. The highest BCUT2D eigenvalue weighted by Crippen LogP contribution is 2.35. The monoisotopic (exact) mass is 443 g/mol. The predicted octanol–water partition coefficient (Wildman–Crippen LogP) is 5.84. The number of esters is 1. The van der Waals surface area contributed by atoms with E-state index in [1.165, 1.54) is 6.92 Å². The first kappa shape index (κ1) is 22.8. The van der Waals surface area contributed by atoms with Crippen LogP contribution in [-0.4, -0.2) is 22.6 Å². The van der Waals surface area contributed by atoms with Gasteiger partial charge in [-0.1, -0.05) is 11.6 Å². The predicted molar refractivity (Wildman–Crippen MR) is 100 cm³/mol. The third kappa shape index (κ3) is 5.54. The van der Waals surface area contributed by atoms with Crippen LogP contribution in [0.15, 0.2) is 58.4 Å². The third-order valence-corrected chi connectivity index (χ3v) is 3.90. The molecule has 0 aromatic heterocycles. The lowest BCUT2D eigenvalue weighted by molar-refractivity contribution is -0.384. The highest BCUT2D eigenvalue weighted by Gasteiger charge is 2.31. The first-order chi connectivity index (χ1) is 14.0. The second-order valence-corrected chi connectivity index (χ2v) is 5.99. The van der Waals surface area contributed by atoms with Crippen molar-refractivity contribution < 1.29 is 32.7 Å². The number of hydrogen-bond acceptors (Lipinski definition) is 7. The van der Waals surface area contributed by atoms with E-state index in [1.54, 1.807) is 0 Å². The number of rotatable bonds is 6. The molecule has 0 saturated carbocycles. The topological polar surface area (TPSA) is 114 Å². The zero-order chi connectivity index (χ0) is 22.5. The molecule has 0 atom stereocenters. The molecule has 0 aliphatic carbocycles. The number of nitro groups is 1. The van der Waals surface area contributed by atoms with Gasteiger partial charge in [-0.2, -0.15) is 13.2 Å². The van der Waals surface area contributed by atoms with Crippen LogP contribution in [0.25, 0.3) is 5.76 Å². The molecule has 30 heavy (non-hydrogen) atoms. The van der Waals surface area contributed by atoms with Gasteiger partial charge >= 0.3 is 12.1 Å². The van der Waals surface area contributed by atoms with Crippen LogP contribution in [0.2, 0.25) is 5.02 Å². The summed E-state index contributed by atoms with van der Waals surface area (Å²) in [5.41, 5.74) is -2.45. The van der Waals surface area contributed by atoms with Crippen molar-refractivity contribution in [3.05, 3.63) is 74.4 Å². The minimum Gasteiger partial charge on any atom is -0.505 e. The van der Waals surface area contributed by atoms with Crippen molar-refractivity contribution in [3.63, 3.8) is 0 Å². The van der Waals surface area contributed by atoms with Gasteiger partial charge in [-0.05, 0) is 37.3 Å². The number of halogens is 4.